The highest BCUT2D eigenvalue weighted by Crippen LogP contribution is 2.17. The van der Waals surface area contributed by atoms with Crippen molar-refractivity contribution in [1.29, 1.82) is 0 Å². The van der Waals surface area contributed by atoms with E-state index in [9.17, 15) is 4.39 Å². The van der Waals surface area contributed by atoms with Crippen molar-refractivity contribution in [1.82, 2.24) is 9.78 Å². The fraction of sp³-hybridized carbons (Fsp3) is 0.571. The molecule has 11 heavy (non-hydrogen) atoms. The zero-order chi connectivity index (χ0) is 8.27. The van der Waals surface area contributed by atoms with Gasteiger partial charge in [-0.05, 0) is 12.7 Å². The van der Waals surface area contributed by atoms with E-state index in [1.807, 2.05) is 13.2 Å². The second-order valence-corrected chi connectivity index (χ2v) is 2.95. The van der Waals surface area contributed by atoms with E-state index >= 15 is 0 Å². The first-order valence-electron chi connectivity index (χ1n) is 3.47. The number of thioether (sulfide) groups is 1. The highest BCUT2D eigenvalue weighted by molar-refractivity contribution is 7.98. The molecule has 0 saturated carbocycles. The number of halogens is 1. The fourth-order valence-electron chi connectivity index (χ4n) is 0.869. The Morgan fingerprint density at radius 3 is 3.00 bits per heavy atom. The molecule has 1 radical (unpaired) electrons. The molecule has 0 atom stereocenters. The highest BCUT2D eigenvalue weighted by atomic mass is 32.2. The molecule has 0 aromatic carbocycles. The van der Waals surface area contributed by atoms with E-state index in [2.05, 4.69) is 11.3 Å². The van der Waals surface area contributed by atoms with Crippen LogP contribution in [0, 0.1) is 12.0 Å². The van der Waals surface area contributed by atoms with Gasteiger partial charge in [-0.1, -0.05) is 6.92 Å². The predicted octanol–water partition coefficient (Wildman–Crippen LogP) is 1.95. The van der Waals surface area contributed by atoms with E-state index in [0.29, 0.717) is 5.03 Å². The quantitative estimate of drug-likeness (QED) is 0.650. The molecule has 0 spiro atoms. The van der Waals surface area contributed by atoms with Gasteiger partial charge in [-0.15, -0.1) is 11.8 Å². The van der Waals surface area contributed by atoms with Gasteiger partial charge in [0.15, 0.2) is 12.0 Å². The monoisotopic (exact) mass is 173 g/mol. The molecule has 1 heterocycles. The molecule has 0 bridgehead atoms. The highest BCUT2D eigenvalue weighted by Gasteiger charge is 2.08. The van der Waals surface area contributed by atoms with Gasteiger partial charge in [0.25, 0.3) is 0 Å². The fourth-order valence-corrected chi connectivity index (χ4v) is 1.44. The second-order valence-electron chi connectivity index (χ2n) is 2.16. The van der Waals surface area contributed by atoms with Crippen LogP contribution in [-0.2, 0) is 6.54 Å². The van der Waals surface area contributed by atoms with Crippen LogP contribution in [0.1, 0.15) is 13.3 Å². The van der Waals surface area contributed by atoms with Gasteiger partial charge in [-0.2, -0.15) is 5.10 Å². The van der Waals surface area contributed by atoms with Gasteiger partial charge in [0, 0.05) is 6.54 Å². The molecular formula is C7H10FN2S. The van der Waals surface area contributed by atoms with E-state index in [0.717, 1.165) is 13.0 Å². The minimum Gasteiger partial charge on any atom is -0.255 e. The average Bonchev–Trinajstić information content (AvgIpc) is 2.33. The van der Waals surface area contributed by atoms with Gasteiger partial charge in [0.1, 0.15) is 5.03 Å². The molecule has 1 aromatic heterocycles. The number of aryl methyl sites for hydroxylation is 1. The molecule has 0 aliphatic heterocycles. The number of hydrogen-bond acceptors (Lipinski definition) is 2. The van der Waals surface area contributed by atoms with Crippen molar-refractivity contribution in [2.24, 2.45) is 0 Å². The zero-order valence-corrected chi connectivity index (χ0v) is 7.41. The molecule has 0 unspecified atom stereocenters. The third kappa shape index (κ3) is 1.74. The first-order chi connectivity index (χ1) is 5.29. The molecule has 0 aliphatic carbocycles. The Morgan fingerprint density at radius 2 is 2.45 bits per heavy atom. The standard InChI is InChI=1S/C7H10FN2S/c1-3-4-10-7(11-2)6(8)5-9-10/h3-4H2,1-2H3. The van der Waals surface area contributed by atoms with Crippen LogP contribution in [0.25, 0.3) is 0 Å². The Hall–Kier alpha value is -0.510. The summed E-state index contributed by atoms with van der Waals surface area (Å²) in [5.41, 5.74) is 0. The number of nitrogens with zero attached hydrogens (tertiary/aromatic N) is 2. The van der Waals surface area contributed by atoms with Crippen molar-refractivity contribution >= 4 is 11.8 Å². The SMILES string of the molecule is CCCn1n[c]c(F)c1SC. The molecule has 0 N–H and O–H groups in total. The lowest BCUT2D eigenvalue weighted by Crippen LogP contribution is -2.00. The van der Waals surface area contributed by atoms with Gasteiger partial charge >= 0.3 is 0 Å². The number of aromatic nitrogens is 2. The van der Waals surface area contributed by atoms with E-state index < -0.39 is 0 Å². The Bertz CT molecular complexity index is 234. The summed E-state index contributed by atoms with van der Waals surface area (Å²) >= 11 is 1.36. The van der Waals surface area contributed by atoms with Crippen LogP contribution < -0.4 is 0 Å². The smallest absolute Gasteiger partial charge is 0.184 e. The van der Waals surface area contributed by atoms with E-state index in [1.165, 1.54) is 11.8 Å². The molecule has 4 heteroatoms. The van der Waals surface area contributed by atoms with Gasteiger partial charge in [0.05, 0.1) is 0 Å². The summed E-state index contributed by atoms with van der Waals surface area (Å²) in [6, 6.07) is 0. The Morgan fingerprint density at radius 1 is 1.73 bits per heavy atom. The summed E-state index contributed by atoms with van der Waals surface area (Å²) in [5.74, 6) is -0.342. The summed E-state index contributed by atoms with van der Waals surface area (Å²) in [6.07, 6.45) is 5.09. The minimum atomic E-state index is -0.342. The summed E-state index contributed by atoms with van der Waals surface area (Å²) < 4.78 is 14.4. The summed E-state index contributed by atoms with van der Waals surface area (Å²) in [7, 11) is 0. The molecule has 1 aromatic rings. The van der Waals surface area contributed by atoms with E-state index in [1.54, 1.807) is 4.68 Å². The normalized spacial score (nSPS) is 10.5. The lowest BCUT2D eigenvalue weighted by Gasteiger charge is -2.01. The van der Waals surface area contributed by atoms with Crippen LogP contribution in [0.5, 0.6) is 0 Å². The van der Waals surface area contributed by atoms with Crippen molar-refractivity contribution in [2.75, 3.05) is 6.26 Å². The van der Waals surface area contributed by atoms with Gasteiger partial charge in [-0.3, -0.25) is 4.68 Å². The molecule has 2 nitrogen and oxygen atoms in total. The maximum Gasteiger partial charge on any atom is 0.184 e. The van der Waals surface area contributed by atoms with Gasteiger partial charge in [0.2, 0.25) is 0 Å². The van der Waals surface area contributed by atoms with Crippen LogP contribution in [0.2, 0.25) is 0 Å². The summed E-state index contributed by atoms with van der Waals surface area (Å²) in [4.78, 5) is 0. The maximum absolute atomic E-state index is 12.8. The van der Waals surface area contributed by atoms with Crippen LogP contribution in [-0.4, -0.2) is 16.0 Å². The van der Waals surface area contributed by atoms with Gasteiger partial charge in [-0.25, -0.2) is 4.39 Å². The van der Waals surface area contributed by atoms with E-state index in [4.69, 9.17) is 0 Å². The Labute approximate surface area is 69.8 Å². The third-order valence-electron chi connectivity index (χ3n) is 1.32. The molecule has 1 rings (SSSR count). The number of hydrogen-bond donors (Lipinski definition) is 0. The molecule has 0 fully saturated rings. The van der Waals surface area contributed by atoms with Crippen molar-refractivity contribution in [3.8, 4) is 0 Å². The van der Waals surface area contributed by atoms with Crippen LogP contribution in [0.15, 0.2) is 5.03 Å². The third-order valence-corrected chi connectivity index (χ3v) is 2.10. The zero-order valence-electron chi connectivity index (χ0n) is 6.59. The average molecular weight is 173 g/mol. The van der Waals surface area contributed by atoms with Crippen molar-refractivity contribution in [2.45, 2.75) is 24.9 Å². The molecular weight excluding hydrogens is 163 g/mol. The van der Waals surface area contributed by atoms with Crippen molar-refractivity contribution in [3.63, 3.8) is 0 Å². The first kappa shape index (κ1) is 8.59. The second kappa shape index (κ2) is 3.76. The topological polar surface area (TPSA) is 17.8 Å². The first-order valence-corrected chi connectivity index (χ1v) is 4.70. The molecule has 0 aliphatic rings. The van der Waals surface area contributed by atoms with Crippen molar-refractivity contribution in [3.05, 3.63) is 12.0 Å². The number of rotatable bonds is 3. The predicted molar refractivity (Wildman–Crippen MR) is 43.1 cm³/mol. The van der Waals surface area contributed by atoms with E-state index in [-0.39, 0.29) is 5.82 Å². The van der Waals surface area contributed by atoms with Crippen LogP contribution in [0.4, 0.5) is 4.39 Å². The maximum atomic E-state index is 12.8. The van der Waals surface area contributed by atoms with Crippen molar-refractivity contribution < 1.29 is 4.39 Å². The summed E-state index contributed by atoms with van der Waals surface area (Å²) in [6.45, 7) is 2.79. The van der Waals surface area contributed by atoms with Crippen LogP contribution >= 0.6 is 11.8 Å². The Balaban J connectivity index is 2.86. The molecule has 0 amide bonds. The largest absolute Gasteiger partial charge is 0.255 e. The van der Waals surface area contributed by atoms with Crippen LogP contribution in [0.3, 0.4) is 0 Å². The summed E-state index contributed by atoms with van der Waals surface area (Å²) in [5, 5.41) is 4.35. The lowest BCUT2D eigenvalue weighted by molar-refractivity contribution is 0.527. The lowest BCUT2D eigenvalue weighted by atomic mass is 10.5. The minimum absolute atomic E-state index is 0.342. The molecule has 61 valence electrons. The Kier molecular flexibility index (Phi) is 2.93. The van der Waals surface area contributed by atoms with Gasteiger partial charge < -0.3 is 0 Å². The molecule has 0 saturated heterocycles.